The Kier molecular flexibility index (Phi) is 3.48. The van der Waals surface area contributed by atoms with Crippen LogP contribution < -0.4 is 19.5 Å². The zero-order valence-electron chi connectivity index (χ0n) is 13.1. The minimum atomic E-state index is -0.223. The van der Waals surface area contributed by atoms with Crippen molar-refractivity contribution in [2.24, 2.45) is 0 Å². The number of benzene rings is 1. The molecule has 0 spiro atoms. The molecule has 22 heavy (non-hydrogen) atoms. The van der Waals surface area contributed by atoms with Gasteiger partial charge in [0.25, 0.3) is 0 Å². The van der Waals surface area contributed by atoms with E-state index in [-0.39, 0.29) is 18.9 Å². The second kappa shape index (κ2) is 5.21. The summed E-state index contributed by atoms with van der Waals surface area (Å²) in [6.45, 7) is 4.63. The lowest BCUT2D eigenvalue weighted by atomic mass is 9.93. The Morgan fingerprint density at radius 2 is 2.27 bits per heavy atom. The number of nitrogens with one attached hydrogen (secondary N) is 1. The fourth-order valence-electron chi connectivity index (χ4n) is 3.11. The summed E-state index contributed by atoms with van der Waals surface area (Å²) in [5.41, 5.74) is 2.08. The van der Waals surface area contributed by atoms with Gasteiger partial charge in [-0.3, -0.25) is 10.1 Å². The number of fused-ring (bicyclic) bond motifs is 2. The fraction of sp³-hybridized carbons (Fsp3) is 0.438. The molecule has 0 saturated heterocycles. The molecule has 1 atom stereocenters. The third-order valence-corrected chi connectivity index (χ3v) is 4.34. The number of hydrogen-bond acceptors (Lipinski definition) is 4. The van der Waals surface area contributed by atoms with Crippen molar-refractivity contribution in [3.63, 3.8) is 0 Å². The van der Waals surface area contributed by atoms with Crippen molar-refractivity contribution in [1.82, 2.24) is 5.32 Å². The van der Waals surface area contributed by atoms with E-state index < -0.39 is 0 Å². The zero-order valence-corrected chi connectivity index (χ0v) is 13.1. The van der Waals surface area contributed by atoms with Crippen LogP contribution in [-0.4, -0.2) is 44.9 Å². The van der Waals surface area contributed by atoms with Crippen LogP contribution in [0, 0.1) is 0 Å². The van der Waals surface area contributed by atoms with Gasteiger partial charge in [0.1, 0.15) is 0 Å². The highest BCUT2D eigenvalue weighted by Gasteiger charge is 2.41. The minimum absolute atomic E-state index is 0.191. The van der Waals surface area contributed by atoms with Gasteiger partial charge in [0.2, 0.25) is 18.4 Å². The largest absolute Gasteiger partial charge is 0.492 e. The van der Waals surface area contributed by atoms with Crippen LogP contribution in [0.3, 0.4) is 0 Å². The van der Waals surface area contributed by atoms with Crippen LogP contribution in [0.2, 0.25) is 0 Å². The highest BCUT2D eigenvalue weighted by molar-refractivity contribution is 5.87. The third-order valence-electron chi connectivity index (χ3n) is 4.34. The highest BCUT2D eigenvalue weighted by atomic mass is 16.7. The first-order valence-electron chi connectivity index (χ1n) is 7.23. The quantitative estimate of drug-likeness (QED) is 0.677. The summed E-state index contributed by atoms with van der Waals surface area (Å²) in [5, 5.41) is 3.02. The molecule has 0 aliphatic carbocycles. The number of ether oxygens (including phenoxy) is 3. The molecule has 0 bridgehead atoms. The number of nitrogens with zero attached hydrogens (tertiary/aromatic N) is 1. The summed E-state index contributed by atoms with van der Waals surface area (Å²) in [6.07, 6.45) is 1.95. The first-order chi connectivity index (χ1) is 10.5. The summed E-state index contributed by atoms with van der Waals surface area (Å²) in [4.78, 5) is 11.9. The van der Waals surface area contributed by atoms with Crippen molar-refractivity contribution < 1.29 is 23.5 Å². The molecule has 2 aliphatic heterocycles. The summed E-state index contributed by atoms with van der Waals surface area (Å²) >= 11 is 0. The molecule has 3 rings (SSSR count). The Balaban J connectivity index is 2.16. The molecule has 0 aromatic heterocycles. The molecule has 0 saturated carbocycles. The average Bonchev–Trinajstić information content (AvgIpc) is 2.95. The molecule has 2 aliphatic rings. The van der Waals surface area contributed by atoms with Gasteiger partial charge in [0.15, 0.2) is 17.7 Å². The van der Waals surface area contributed by atoms with Crippen molar-refractivity contribution in [3.05, 3.63) is 29.8 Å². The maximum absolute atomic E-state index is 11.9. The summed E-state index contributed by atoms with van der Waals surface area (Å²) in [5.74, 6) is 1.76. The number of likely N-dealkylation sites (N-methyl/N-ethyl adjacent to an activating group) is 1. The number of quaternary nitrogens is 1. The van der Waals surface area contributed by atoms with E-state index in [0.717, 1.165) is 24.1 Å². The van der Waals surface area contributed by atoms with Crippen molar-refractivity contribution in [2.75, 3.05) is 34.5 Å². The van der Waals surface area contributed by atoms with Gasteiger partial charge in [0.05, 0.1) is 33.3 Å². The van der Waals surface area contributed by atoms with Crippen LogP contribution in [0.25, 0.3) is 0 Å². The summed E-state index contributed by atoms with van der Waals surface area (Å²) < 4.78 is 17.3. The topological polar surface area (TPSA) is 56.8 Å². The number of amides is 1. The number of hydrogen-bond donors (Lipinski definition) is 1. The van der Waals surface area contributed by atoms with Crippen LogP contribution in [0.4, 0.5) is 0 Å². The minimum Gasteiger partial charge on any atom is -0.492 e. The van der Waals surface area contributed by atoms with Crippen LogP contribution in [0.1, 0.15) is 17.3 Å². The van der Waals surface area contributed by atoms with Crippen molar-refractivity contribution >= 4 is 5.91 Å². The van der Waals surface area contributed by atoms with Crippen molar-refractivity contribution in [3.8, 4) is 17.2 Å². The van der Waals surface area contributed by atoms with E-state index in [9.17, 15) is 4.79 Å². The Morgan fingerprint density at radius 1 is 1.50 bits per heavy atom. The lowest BCUT2D eigenvalue weighted by Gasteiger charge is -2.42. The zero-order chi connectivity index (χ0) is 15.9. The monoisotopic (exact) mass is 305 g/mol. The first kappa shape index (κ1) is 14.7. The summed E-state index contributed by atoms with van der Waals surface area (Å²) in [6, 6.07) is 1.99. The van der Waals surface area contributed by atoms with Crippen LogP contribution >= 0.6 is 0 Å². The second-order valence-electron chi connectivity index (χ2n) is 6.08. The SMILES string of the molecule is C=CC(=O)NC1c2c(cc3c(c2OC)OCO3)CC[N+]1(C)C. The van der Waals surface area contributed by atoms with Gasteiger partial charge < -0.3 is 18.7 Å². The van der Waals surface area contributed by atoms with Gasteiger partial charge in [-0.05, 0) is 17.7 Å². The molecular weight excluding hydrogens is 284 g/mol. The van der Waals surface area contributed by atoms with Gasteiger partial charge >= 0.3 is 0 Å². The number of carbonyl (C=O) groups excluding carboxylic acids is 1. The molecule has 1 aromatic carbocycles. The van der Waals surface area contributed by atoms with Gasteiger partial charge in [0, 0.05) is 6.42 Å². The Morgan fingerprint density at radius 3 is 2.95 bits per heavy atom. The standard InChI is InChI=1S/C16H20N2O4/c1-5-12(19)17-16-13-10(6-7-18(16,2)3)8-11-14(15(13)20-4)22-9-21-11/h5,8,16H,1,6-7,9H2,2-4H3/p+1. The van der Waals surface area contributed by atoms with Gasteiger partial charge in [-0.1, -0.05) is 6.58 Å². The number of methoxy groups -OCH3 is 1. The van der Waals surface area contributed by atoms with E-state index in [2.05, 4.69) is 26.0 Å². The molecule has 118 valence electrons. The van der Waals surface area contributed by atoms with Gasteiger partial charge in [-0.2, -0.15) is 0 Å². The maximum Gasteiger partial charge on any atom is 0.248 e. The average molecular weight is 305 g/mol. The van der Waals surface area contributed by atoms with Crippen molar-refractivity contribution in [2.45, 2.75) is 12.6 Å². The molecule has 0 radical (unpaired) electrons. The third kappa shape index (κ3) is 2.20. The molecule has 6 nitrogen and oxygen atoms in total. The predicted octanol–water partition coefficient (Wildman–Crippen LogP) is 1.36. The van der Waals surface area contributed by atoms with E-state index in [1.54, 1.807) is 7.11 Å². The van der Waals surface area contributed by atoms with E-state index >= 15 is 0 Å². The summed E-state index contributed by atoms with van der Waals surface area (Å²) in [7, 11) is 5.78. The van der Waals surface area contributed by atoms with Gasteiger partial charge in [-0.25, -0.2) is 0 Å². The first-order valence-corrected chi connectivity index (χ1v) is 7.23. The van der Waals surface area contributed by atoms with E-state index in [1.807, 2.05) is 6.07 Å². The molecule has 1 aromatic rings. The maximum atomic E-state index is 11.9. The van der Waals surface area contributed by atoms with E-state index in [0.29, 0.717) is 21.7 Å². The lowest BCUT2D eigenvalue weighted by molar-refractivity contribution is -0.925. The molecule has 2 heterocycles. The van der Waals surface area contributed by atoms with Crippen LogP contribution in [0.5, 0.6) is 17.2 Å². The second-order valence-corrected chi connectivity index (χ2v) is 6.08. The molecule has 6 heteroatoms. The predicted molar refractivity (Wildman–Crippen MR) is 80.9 cm³/mol. The Bertz CT molecular complexity index is 640. The number of carbonyl (C=O) groups is 1. The molecular formula is C16H21N2O4+. The van der Waals surface area contributed by atoms with E-state index in [4.69, 9.17) is 14.2 Å². The van der Waals surface area contributed by atoms with Crippen LogP contribution in [-0.2, 0) is 11.2 Å². The Hall–Kier alpha value is -2.21. The van der Waals surface area contributed by atoms with Crippen molar-refractivity contribution in [1.29, 1.82) is 0 Å². The fourth-order valence-corrected chi connectivity index (χ4v) is 3.11. The van der Waals surface area contributed by atoms with Gasteiger partial charge in [-0.15, -0.1) is 0 Å². The van der Waals surface area contributed by atoms with E-state index in [1.165, 1.54) is 6.08 Å². The van der Waals surface area contributed by atoms with Crippen LogP contribution in [0.15, 0.2) is 18.7 Å². The smallest absolute Gasteiger partial charge is 0.248 e. The highest BCUT2D eigenvalue weighted by Crippen LogP contribution is 2.49. The Labute approximate surface area is 129 Å². The molecule has 1 N–H and O–H groups in total. The number of rotatable bonds is 3. The molecule has 1 unspecified atom stereocenters. The normalized spacial score (nSPS) is 21.0. The lowest BCUT2D eigenvalue weighted by Crippen LogP contribution is -2.54. The molecule has 0 fully saturated rings. The molecule has 1 amide bonds.